The van der Waals surface area contributed by atoms with Crippen LogP contribution in [0.15, 0.2) is 29.2 Å². The normalized spacial score (nSPS) is 15.1. The second-order valence-corrected chi connectivity index (χ2v) is 9.83. The molecule has 0 spiro atoms. The highest BCUT2D eigenvalue weighted by atomic mass is 32.2. The van der Waals surface area contributed by atoms with Crippen LogP contribution in [0.3, 0.4) is 0 Å². The molecule has 2 rings (SSSR count). The number of likely N-dealkylation sites (tertiary alicyclic amines) is 1. The first-order chi connectivity index (χ1) is 13.5. The number of imide groups is 1. The number of sulfonamides is 1. The maximum atomic E-state index is 12.3. The topological polar surface area (TPSA) is 113 Å². The van der Waals surface area contributed by atoms with Gasteiger partial charge in [-0.3, -0.25) is 19.3 Å². The van der Waals surface area contributed by atoms with Gasteiger partial charge in [0.1, 0.15) is 0 Å². The number of hydrogen-bond donors (Lipinski definition) is 2. The summed E-state index contributed by atoms with van der Waals surface area (Å²) in [7, 11) is -3.68. The van der Waals surface area contributed by atoms with Gasteiger partial charge in [-0.05, 0) is 29.5 Å². The third kappa shape index (κ3) is 6.64. The molecule has 3 amide bonds. The van der Waals surface area contributed by atoms with Crippen LogP contribution in [0.25, 0.3) is 0 Å². The van der Waals surface area contributed by atoms with E-state index in [9.17, 15) is 22.8 Å². The zero-order valence-electron chi connectivity index (χ0n) is 17.2. The van der Waals surface area contributed by atoms with Gasteiger partial charge in [0.15, 0.2) is 0 Å². The fourth-order valence-corrected chi connectivity index (χ4v) is 3.97. The molecule has 0 atom stereocenters. The van der Waals surface area contributed by atoms with Crippen LogP contribution < -0.4 is 10.0 Å². The van der Waals surface area contributed by atoms with Crippen molar-refractivity contribution < 1.29 is 22.8 Å². The SMILES string of the molecule is CC(C)(C)c1ccc(S(=O)(=O)NCCC(=O)NCCCN2C(=O)CCC2=O)cc1. The van der Waals surface area contributed by atoms with Crippen molar-refractivity contribution >= 4 is 27.7 Å². The van der Waals surface area contributed by atoms with Crippen molar-refractivity contribution in [3.8, 4) is 0 Å². The molecule has 1 fully saturated rings. The Morgan fingerprint density at radius 3 is 2.17 bits per heavy atom. The zero-order valence-corrected chi connectivity index (χ0v) is 18.0. The van der Waals surface area contributed by atoms with E-state index < -0.39 is 10.0 Å². The molecule has 1 saturated heterocycles. The van der Waals surface area contributed by atoms with Crippen LogP contribution in [-0.2, 0) is 29.8 Å². The van der Waals surface area contributed by atoms with Crippen LogP contribution in [0.4, 0.5) is 0 Å². The molecule has 0 aromatic heterocycles. The lowest BCUT2D eigenvalue weighted by molar-refractivity contribution is -0.138. The fourth-order valence-electron chi connectivity index (χ4n) is 2.94. The molecule has 0 bridgehead atoms. The molecular weight excluding hydrogens is 394 g/mol. The molecule has 0 radical (unpaired) electrons. The zero-order chi connectivity index (χ0) is 21.7. The van der Waals surface area contributed by atoms with E-state index in [1.807, 2.05) is 20.8 Å². The number of rotatable bonds is 9. The monoisotopic (exact) mass is 423 g/mol. The molecule has 29 heavy (non-hydrogen) atoms. The second-order valence-electron chi connectivity index (χ2n) is 8.06. The van der Waals surface area contributed by atoms with Crippen molar-refractivity contribution in [2.45, 2.75) is 56.8 Å². The van der Waals surface area contributed by atoms with Crippen molar-refractivity contribution in [2.75, 3.05) is 19.6 Å². The summed E-state index contributed by atoms with van der Waals surface area (Å²) in [6, 6.07) is 6.70. The Hall–Kier alpha value is -2.26. The number of carbonyl (C=O) groups excluding carboxylic acids is 3. The van der Waals surface area contributed by atoms with E-state index in [1.54, 1.807) is 24.3 Å². The number of nitrogens with zero attached hydrogens (tertiary/aromatic N) is 1. The van der Waals surface area contributed by atoms with Gasteiger partial charge in [-0.2, -0.15) is 0 Å². The number of nitrogens with one attached hydrogen (secondary N) is 2. The van der Waals surface area contributed by atoms with Gasteiger partial charge in [0.25, 0.3) is 0 Å². The Balaban J connectivity index is 1.70. The molecule has 1 aliphatic heterocycles. The molecule has 1 aromatic rings. The minimum Gasteiger partial charge on any atom is -0.356 e. The average Bonchev–Trinajstić information content (AvgIpc) is 2.96. The molecule has 2 N–H and O–H groups in total. The first-order valence-electron chi connectivity index (χ1n) is 9.71. The highest BCUT2D eigenvalue weighted by molar-refractivity contribution is 7.89. The minimum atomic E-state index is -3.68. The predicted molar refractivity (Wildman–Crippen MR) is 109 cm³/mol. The summed E-state index contributed by atoms with van der Waals surface area (Å²) in [6.45, 7) is 6.74. The maximum absolute atomic E-state index is 12.3. The molecule has 1 aromatic carbocycles. The maximum Gasteiger partial charge on any atom is 0.240 e. The summed E-state index contributed by atoms with van der Waals surface area (Å²) >= 11 is 0. The minimum absolute atomic E-state index is 0.000873. The Labute approximate surface area is 172 Å². The largest absolute Gasteiger partial charge is 0.356 e. The average molecular weight is 424 g/mol. The first-order valence-corrected chi connectivity index (χ1v) is 11.2. The predicted octanol–water partition coefficient (Wildman–Crippen LogP) is 1.31. The number of benzene rings is 1. The van der Waals surface area contributed by atoms with E-state index in [4.69, 9.17) is 0 Å². The van der Waals surface area contributed by atoms with Gasteiger partial charge in [0.2, 0.25) is 27.7 Å². The molecule has 0 unspecified atom stereocenters. The van der Waals surface area contributed by atoms with E-state index in [2.05, 4.69) is 10.0 Å². The summed E-state index contributed by atoms with van der Waals surface area (Å²) in [6.07, 6.45) is 0.977. The van der Waals surface area contributed by atoms with Gasteiger partial charge >= 0.3 is 0 Å². The van der Waals surface area contributed by atoms with Crippen LogP contribution in [0.5, 0.6) is 0 Å². The van der Waals surface area contributed by atoms with Crippen molar-refractivity contribution in [3.05, 3.63) is 29.8 Å². The third-order valence-corrected chi connectivity index (χ3v) is 6.19. The van der Waals surface area contributed by atoms with E-state index in [0.29, 0.717) is 13.0 Å². The van der Waals surface area contributed by atoms with Crippen LogP contribution in [0.2, 0.25) is 0 Å². The fraction of sp³-hybridized carbons (Fsp3) is 0.550. The van der Waals surface area contributed by atoms with Gasteiger partial charge < -0.3 is 5.32 Å². The van der Waals surface area contributed by atoms with Crippen molar-refractivity contribution in [2.24, 2.45) is 0 Å². The number of hydrogen-bond acceptors (Lipinski definition) is 5. The van der Waals surface area contributed by atoms with E-state index >= 15 is 0 Å². The smallest absolute Gasteiger partial charge is 0.240 e. The Morgan fingerprint density at radius 1 is 1.03 bits per heavy atom. The lowest BCUT2D eigenvalue weighted by Crippen LogP contribution is -2.34. The van der Waals surface area contributed by atoms with Crippen LogP contribution in [0, 0.1) is 0 Å². The van der Waals surface area contributed by atoms with Gasteiger partial charge in [0.05, 0.1) is 4.90 Å². The highest BCUT2D eigenvalue weighted by Gasteiger charge is 2.27. The molecule has 1 aliphatic rings. The third-order valence-electron chi connectivity index (χ3n) is 4.71. The van der Waals surface area contributed by atoms with Crippen LogP contribution >= 0.6 is 0 Å². The molecule has 1 heterocycles. The van der Waals surface area contributed by atoms with Crippen LogP contribution in [-0.4, -0.2) is 50.7 Å². The standard InChI is InChI=1S/C20H29N3O5S/c1-20(2,3)15-5-7-16(8-6-15)29(27,28)22-13-11-17(24)21-12-4-14-23-18(25)9-10-19(23)26/h5-8,22H,4,9-14H2,1-3H3,(H,21,24). The van der Waals surface area contributed by atoms with Gasteiger partial charge in [-0.25, -0.2) is 13.1 Å². The Kier molecular flexibility index (Phi) is 7.54. The summed E-state index contributed by atoms with van der Waals surface area (Å²) in [5.41, 5.74) is 0.969. The lowest BCUT2D eigenvalue weighted by Gasteiger charge is -2.19. The quantitative estimate of drug-likeness (QED) is 0.459. The second kappa shape index (κ2) is 9.49. The Morgan fingerprint density at radius 2 is 1.62 bits per heavy atom. The van der Waals surface area contributed by atoms with Gasteiger partial charge in [0, 0.05) is 38.9 Å². The molecular formula is C20H29N3O5S. The summed E-state index contributed by atoms with van der Waals surface area (Å²) in [5, 5.41) is 2.66. The van der Waals surface area contributed by atoms with Crippen molar-refractivity contribution in [1.82, 2.24) is 14.9 Å². The van der Waals surface area contributed by atoms with E-state index in [1.165, 1.54) is 4.90 Å². The first kappa shape index (κ1) is 23.0. The Bertz CT molecular complexity index is 841. The molecule has 0 aliphatic carbocycles. The molecule has 9 heteroatoms. The van der Waals surface area contributed by atoms with Crippen LogP contribution in [0.1, 0.15) is 52.0 Å². The van der Waals surface area contributed by atoms with Crippen molar-refractivity contribution in [3.63, 3.8) is 0 Å². The molecule has 0 saturated carbocycles. The number of amides is 3. The van der Waals surface area contributed by atoms with Gasteiger partial charge in [-0.15, -0.1) is 0 Å². The van der Waals surface area contributed by atoms with E-state index in [0.717, 1.165) is 5.56 Å². The lowest BCUT2D eigenvalue weighted by atomic mass is 9.87. The summed E-state index contributed by atoms with van der Waals surface area (Å²) in [4.78, 5) is 36.2. The number of carbonyl (C=O) groups is 3. The molecule has 160 valence electrons. The van der Waals surface area contributed by atoms with E-state index in [-0.39, 0.29) is 60.4 Å². The van der Waals surface area contributed by atoms with Gasteiger partial charge in [-0.1, -0.05) is 32.9 Å². The summed E-state index contributed by atoms with van der Waals surface area (Å²) < 4.78 is 27.1. The molecule has 8 nitrogen and oxygen atoms in total. The summed E-state index contributed by atoms with van der Waals surface area (Å²) in [5.74, 6) is -0.646. The highest BCUT2D eigenvalue weighted by Crippen LogP contribution is 2.23. The van der Waals surface area contributed by atoms with Crippen molar-refractivity contribution in [1.29, 1.82) is 0 Å².